The van der Waals surface area contributed by atoms with Gasteiger partial charge in [-0.25, -0.2) is 0 Å². The van der Waals surface area contributed by atoms with E-state index in [0.717, 1.165) is 5.92 Å². The van der Waals surface area contributed by atoms with Gasteiger partial charge in [-0.1, -0.05) is 130 Å². The zero-order valence-electron chi connectivity index (χ0n) is 22.4. The van der Waals surface area contributed by atoms with Crippen LogP contribution < -0.4 is 0 Å². The van der Waals surface area contributed by atoms with Gasteiger partial charge < -0.3 is 0 Å². The number of unbranched alkanes of at least 4 members (excludes halogenated alkanes) is 15. The Morgan fingerprint density at radius 3 is 1.23 bits per heavy atom. The molecule has 1 heteroatoms. The standard InChI is InChI=1S/C29H61N/c1-7-10-13-16-19-22-25-28(4)29(5,6)30(26-23-20-17-14-11-8-2)27-24-21-18-15-12-9-3/h28H,7-27H2,1-6H3. The van der Waals surface area contributed by atoms with Crippen molar-refractivity contribution < 1.29 is 0 Å². The van der Waals surface area contributed by atoms with Crippen LogP contribution in [0.15, 0.2) is 0 Å². The summed E-state index contributed by atoms with van der Waals surface area (Å²) in [7, 11) is 0. The molecule has 30 heavy (non-hydrogen) atoms. The summed E-state index contributed by atoms with van der Waals surface area (Å²) >= 11 is 0. The molecule has 0 N–H and O–H groups in total. The normalized spacial score (nSPS) is 13.3. The van der Waals surface area contributed by atoms with Crippen molar-refractivity contribution >= 4 is 0 Å². The first-order valence-corrected chi connectivity index (χ1v) is 14.3. The zero-order valence-corrected chi connectivity index (χ0v) is 22.4. The van der Waals surface area contributed by atoms with Gasteiger partial charge in [0.05, 0.1) is 0 Å². The summed E-state index contributed by atoms with van der Waals surface area (Å²) in [6.07, 6.45) is 26.9. The molecule has 0 aromatic heterocycles. The van der Waals surface area contributed by atoms with E-state index < -0.39 is 0 Å². The molecule has 0 aromatic rings. The van der Waals surface area contributed by atoms with Gasteiger partial charge >= 0.3 is 0 Å². The second kappa shape index (κ2) is 20.8. The molecule has 0 heterocycles. The largest absolute Gasteiger partial charge is 0.298 e. The molecule has 0 fully saturated rings. The lowest BCUT2D eigenvalue weighted by Crippen LogP contribution is -2.49. The minimum Gasteiger partial charge on any atom is -0.298 e. The maximum Gasteiger partial charge on any atom is 0.0178 e. The Morgan fingerprint density at radius 1 is 0.500 bits per heavy atom. The van der Waals surface area contributed by atoms with Crippen LogP contribution in [-0.2, 0) is 0 Å². The van der Waals surface area contributed by atoms with Gasteiger partial charge in [-0.2, -0.15) is 0 Å². The summed E-state index contributed by atoms with van der Waals surface area (Å²) in [6, 6.07) is 0. The molecule has 182 valence electrons. The molecule has 0 saturated carbocycles. The van der Waals surface area contributed by atoms with E-state index in [2.05, 4.69) is 46.4 Å². The molecule has 0 aliphatic carbocycles. The Balaban J connectivity index is 4.44. The average Bonchev–Trinajstić information content (AvgIpc) is 2.73. The van der Waals surface area contributed by atoms with Crippen molar-refractivity contribution in [2.45, 2.75) is 169 Å². The van der Waals surface area contributed by atoms with Crippen LogP contribution in [0.25, 0.3) is 0 Å². The fraction of sp³-hybridized carbons (Fsp3) is 1.00. The predicted molar refractivity (Wildman–Crippen MR) is 140 cm³/mol. The first-order chi connectivity index (χ1) is 14.5. The number of hydrogen-bond acceptors (Lipinski definition) is 1. The second-order valence-electron chi connectivity index (χ2n) is 10.6. The van der Waals surface area contributed by atoms with Crippen molar-refractivity contribution in [3.8, 4) is 0 Å². The van der Waals surface area contributed by atoms with Crippen LogP contribution in [0.1, 0.15) is 164 Å². The average molecular weight is 424 g/mol. The summed E-state index contributed by atoms with van der Waals surface area (Å²) in [5.41, 5.74) is 0.344. The molecular formula is C29H61N. The smallest absolute Gasteiger partial charge is 0.0178 e. The van der Waals surface area contributed by atoms with Crippen LogP contribution in [0.5, 0.6) is 0 Å². The summed E-state index contributed by atoms with van der Waals surface area (Å²) < 4.78 is 0. The Hall–Kier alpha value is -0.0400. The number of rotatable bonds is 23. The SMILES string of the molecule is CCCCCCCCC(C)C(C)(C)N(CCCCCCCC)CCCCCCCC. The van der Waals surface area contributed by atoms with Gasteiger partial charge in [0.25, 0.3) is 0 Å². The van der Waals surface area contributed by atoms with Crippen LogP contribution >= 0.6 is 0 Å². The second-order valence-corrected chi connectivity index (χ2v) is 10.6. The van der Waals surface area contributed by atoms with Gasteiger partial charge in [0.2, 0.25) is 0 Å². The van der Waals surface area contributed by atoms with E-state index in [9.17, 15) is 0 Å². The maximum absolute atomic E-state index is 2.88. The molecular weight excluding hydrogens is 362 g/mol. The Labute approximate surface area is 193 Å². The van der Waals surface area contributed by atoms with Crippen molar-refractivity contribution in [3.63, 3.8) is 0 Å². The Morgan fingerprint density at radius 2 is 0.833 bits per heavy atom. The van der Waals surface area contributed by atoms with E-state index in [1.54, 1.807) is 0 Å². The molecule has 1 atom stereocenters. The topological polar surface area (TPSA) is 3.24 Å². The van der Waals surface area contributed by atoms with Crippen molar-refractivity contribution in [1.82, 2.24) is 4.90 Å². The van der Waals surface area contributed by atoms with Gasteiger partial charge in [0, 0.05) is 5.54 Å². The lowest BCUT2D eigenvalue weighted by molar-refractivity contribution is 0.0602. The van der Waals surface area contributed by atoms with Crippen molar-refractivity contribution in [1.29, 1.82) is 0 Å². The first-order valence-electron chi connectivity index (χ1n) is 14.3. The lowest BCUT2D eigenvalue weighted by Gasteiger charge is -2.43. The molecule has 1 unspecified atom stereocenters. The van der Waals surface area contributed by atoms with E-state index in [1.807, 2.05) is 0 Å². The first kappa shape index (κ1) is 30.0. The monoisotopic (exact) mass is 423 g/mol. The fourth-order valence-electron chi connectivity index (χ4n) is 4.75. The van der Waals surface area contributed by atoms with E-state index >= 15 is 0 Å². The fourth-order valence-corrected chi connectivity index (χ4v) is 4.75. The molecule has 1 nitrogen and oxygen atoms in total. The molecule has 0 rings (SSSR count). The highest BCUT2D eigenvalue weighted by Crippen LogP contribution is 2.30. The minimum atomic E-state index is 0.344. The van der Waals surface area contributed by atoms with Gasteiger partial charge in [0.15, 0.2) is 0 Å². The lowest BCUT2D eigenvalue weighted by atomic mass is 9.82. The molecule has 0 spiro atoms. The van der Waals surface area contributed by atoms with Gasteiger partial charge in [-0.05, 0) is 52.1 Å². The van der Waals surface area contributed by atoms with E-state index in [1.165, 1.54) is 135 Å². The third kappa shape index (κ3) is 15.7. The Kier molecular flexibility index (Phi) is 20.8. The summed E-state index contributed by atoms with van der Waals surface area (Å²) in [5, 5.41) is 0. The van der Waals surface area contributed by atoms with Gasteiger partial charge in [0.1, 0.15) is 0 Å². The minimum absolute atomic E-state index is 0.344. The Bertz CT molecular complexity index is 319. The zero-order chi connectivity index (χ0) is 22.5. The third-order valence-corrected chi connectivity index (χ3v) is 7.57. The van der Waals surface area contributed by atoms with Gasteiger partial charge in [-0.15, -0.1) is 0 Å². The number of hydrogen-bond donors (Lipinski definition) is 0. The van der Waals surface area contributed by atoms with Crippen LogP contribution in [0.4, 0.5) is 0 Å². The summed E-state index contributed by atoms with van der Waals surface area (Å²) in [5.74, 6) is 0.795. The highest BCUT2D eigenvalue weighted by atomic mass is 15.2. The van der Waals surface area contributed by atoms with E-state index in [4.69, 9.17) is 0 Å². The van der Waals surface area contributed by atoms with Gasteiger partial charge in [-0.3, -0.25) is 4.90 Å². The molecule has 0 aliphatic rings. The van der Waals surface area contributed by atoms with Crippen LogP contribution in [0.3, 0.4) is 0 Å². The third-order valence-electron chi connectivity index (χ3n) is 7.57. The van der Waals surface area contributed by atoms with Crippen molar-refractivity contribution in [2.75, 3.05) is 13.1 Å². The van der Waals surface area contributed by atoms with E-state index in [0.29, 0.717) is 5.54 Å². The molecule has 0 aliphatic heterocycles. The summed E-state index contributed by atoms with van der Waals surface area (Å²) in [4.78, 5) is 2.88. The van der Waals surface area contributed by atoms with E-state index in [-0.39, 0.29) is 0 Å². The highest BCUT2D eigenvalue weighted by Gasteiger charge is 2.31. The maximum atomic E-state index is 2.88. The predicted octanol–water partition coefficient (Wildman–Crippen LogP) is 10.2. The van der Waals surface area contributed by atoms with Crippen molar-refractivity contribution in [2.24, 2.45) is 5.92 Å². The molecule has 0 amide bonds. The summed E-state index contributed by atoms with van der Waals surface area (Å²) in [6.45, 7) is 17.2. The van der Waals surface area contributed by atoms with Crippen LogP contribution in [0, 0.1) is 5.92 Å². The van der Waals surface area contributed by atoms with Crippen LogP contribution in [0.2, 0.25) is 0 Å². The van der Waals surface area contributed by atoms with Crippen LogP contribution in [-0.4, -0.2) is 23.5 Å². The van der Waals surface area contributed by atoms with Crippen molar-refractivity contribution in [3.05, 3.63) is 0 Å². The quantitative estimate of drug-likeness (QED) is 0.148. The number of nitrogens with zero attached hydrogens (tertiary/aromatic N) is 1. The molecule has 0 aromatic carbocycles. The highest BCUT2D eigenvalue weighted by molar-refractivity contribution is 4.86. The molecule has 0 saturated heterocycles. The molecule has 0 bridgehead atoms. The molecule has 0 radical (unpaired) electrons.